The van der Waals surface area contributed by atoms with E-state index in [1.165, 1.54) is 83.5 Å². The molecule has 10 heteroatoms. The van der Waals surface area contributed by atoms with Crippen LogP contribution in [0.2, 0.25) is 0 Å². The summed E-state index contributed by atoms with van der Waals surface area (Å²) in [6.07, 6.45) is 52.3. The van der Waals surface area contributed by atoms with Gasteiger partial charge in [-0.2, -0.15) is 0 Å². The zero-order valence-electron chi connectivity index (χ0n) is 38.9. The average Bonchev–Trinajstić information content (AvgIpc) is 3.20. The second-order valence-corrected chi connectivity index (χ2v) is 18.2. The Morgan fingerprint density at radius 2 is 1.02 bits per heavy atom. The van der Waals surface area contributed by atoms with Crippen LogP contribution in [-0.2, 0) is 32.7 Å². The number of esters is 2. The topological polar surface area (TPSA) is 111 Å². The minimum atomic E-state index is -4.64. The van der Waals surface area contributed by atoms with Gasteiger partial charge in [0.05, 0.1) is 27.7 Å². The standard InChI is InChI=1S/C50H88NO8P/c1-6-8-10-12-14-16-18-20-21-22-23-24-25-26-27-28-29-31-32-34-36-38-40-42-49(52)56-46-48(47-58-60(54,55)57-45-44-51(3,4)5)59-50(53)43-41-39-37-35-33-30-19-17-15-13-11-9-7-2/h9,11,13,15,17,19,23-24,26-27,30,33,48H,6-8,10,12,14,16,18,20-22,25,28-29,31-32,34-47H2,1-5H3/b11-9+,15-13+,19-17+,24-23+,27-26+,33-30+. The molecule has 346 valence electrons. The number of quaternary nitrogens is 1. The molecule has 0 heterocycles. The summed E-state index contributed by atoms with van der Waals surface area (Å²) in [5.74, 6) is -0.894. The molecular weight excluding hydrogens is 774 g/mol. The van der Waals surface area contributed by atoms with Crippen LogP contribution in [-0.4, -0.2) is 70.0 Å². The lowest BCUT2D eigenvalue weighted by molar-refractivity contribution is -0.870. The number of likely N-dealkylation sites (N-methyl/N-ethyl adjacent to an activating group) is 1. The van der Waals surface area contributed by atoms with Crippen molar-refractivity contribution in [3.63, 3.8) is 0 Å². The quantitative estimate of drug-likeness (QED) is 0.0149. The molecule has 0 amide bonds. The van der Waals surface area contributed by atoms with Crippen LogP contribution in [0.15, 0.2) is 72.9 Å². The lowest BCUT2D eigenvalue weighted by Crippen LogP contribution is -2.37. The van der Waals surface area contributed by atoms with Gasteiger partial charge in [0.25, 0.3) is 7.82 Å². The maximum Gasteiger partial charge on any atom is 0.306 e. The highest BCUT2D eigenvalue weighted by molar-refractivity contribution is 7.45. The summed E-state index contributed by atoms with van der Waals surface area (Å²) in [7, 11) is 1.12. The number of ether oxygens (including phenoxy) is 2. The van der Waals surface area contributed by atoms with Crippen molar-refractivity contribution in [2.24, 2.45) is 0 Å². The van der Waals surface area contributed by atoms with Gasteiger partial charge in [0.1, 0.15) is 19.8 Å². The molecule has 0 saturated carbocycles. The Morgan fingerprint density at radius 1 is 0.550 bits per heavy atom. The SMILES string of the molecule is CC/C=C/C=C/C=C/C=C/CCCCCC(=O)OC(COC(=O)CCCCCCCCC/C=C/C/C=C/CCCCCCCCCCC)COP(=O)([O-])OCC[N+](C)(C)C. The normalized spacial score (nSPS) is 14.2. The van der Waals surface area contributed by atoms with Gasteiger partial charge in [-0.05, 0) is 64.2 Å². The molecule has 0 aromatic heterocycles. The Morgan fingerprint density at radius 3 is 1.57 bits per heavy atom. The summed E-state index contributed by atoms with van der Waals surface area (Å²) in [6, 6.07) is 0. The van der Waals surface area contributed by atoms with Gasteiger partial charge in [-0.3, -0.25) is 14.2 Å². The zero-order chi connectivity index (χ0) is 44.3. The van der Waals surface area contributed by atoms with E-state index in [0.717, 1.165) is 57.8 Å². The number of carbonyl (C=O) groups excluding carboxylic acids is 2. The number of hydrogen-bond acceptors (Lipinski definition) is 8. The molecule has 0 rings (SSSR count). The minimum Gasteiger partial charge on any atom is -0.756 e. The number of phosphoric acid groups is 1. The van der Waals surface area contributed by atoms with Crippen molar-refractivity contribution in [2.75, 3.05) is 47.5 Å². The van der Waals surface area contributed by atoms with E-state index < -0.39 is 32.5 Å². The van der Waals surface area contributed by atoms with E-state index in [4.69, 9.17) is 18.5 Å². The zero-order valence-corrected chi connectivity index (χ0v) is 39.8. The number of unbranched alkanes of at least 4 members (excludes halogenated alkanes) is 19. The summed E-state index contributed by atoms with van der Waals surface area (Å²) < 4.78 is 33.9. The van der Waals surface area contributed by atoms with Gasteiger partial charge in [-0.25, -0.2) is 0 Å². The average molecular weight is 862 g/mol. The van der Waals surface area contributed by atoms with Crippen molar-refractivity contribution in [1.82, 2.24) is 0 Å². The van der Waals surface area contributed by atoms with Crippen molar-refractivity contribution in [3.05, 3.63) is 72.9 Å². The largest absolute Gasteiger partial charge is 0.756 e. The van der Waals surface area contributed by atoms with Crippen LogP contribution in [0.1, 0.15) is 181 Å². The minimum absolute atomic E-state index is 0.0438. The van der Waals surface area contributed by atoms with Crippen LogP contribution < -0.4 is 4.89 Å². The van der Waals surface area contributed by atoms with Crippen molar-refractivity contribution in [3.8, 4) is 0 Å². The van der Waals surface area contributed by atoms with Crippen LogP contribution in [0.25, 0.3) is 0 Å². The first kappa shape index (κ1) is 57.4. The third kappa shape index (κ3) is 45.0. The second-order valence-electron chi connectivity index (χ2n) is 16.8. The van der Waals surface area contributed by atoms with Gasteiger partial charge >= 0.3 is 11.9 Å². The summed E-state index contributed by atoms with van der Waals surface area (Å²) in [5, 5.41) is 0. The van der Waals surface area contributed by atoms with E-state index >= 15 is 0 Å². The fourth-order valence-corrected chi connectivity index (χ4v) is 6.84. The Bertz CT molecular complexity index is 1250. The van der Waals surface area contributed by atoms with Gasteiger partial charge in [0.2, 0.25) is 0 Å². The van der Waals surface area contributed by atoms with Gasteiger partial charge < -0.3 is 27.9 Å². The Kier molecular flexibility index (Phi) is 40.0. The molecule has 0 aliphatic rings. The number of allylic oxidation sites excluding steroid dienone is 12. The molecule has 0 radical (unpaired) electrons. The Hall–Kier alpha value is -2.55. The number of nitrogens with zero attached hydrogens (tertiary/aromatic N) is 1. The maximum absolute atomic E-state index is 12.7. The molecule has 0 N–H and O–H groups in total. The van der Waals surface area contributed by atoms with Crippen LogP contribution in [0.5, 0.6) is 0 Å². The molecule has 0 aromatic rings. The highest BCUT2D eigenvalue weighted by Gasteiger charge is 2.21. The molecule has 0 fully saturated rings. The molecule has 0 aliphatic carbocycles. The van der Waals surface area contributed by atoms with Gasteiger partial charge in [-0.15, -0.1) is 0 Å². The first-order chi connectivity index (χ1) is 29.0. The van der Waals surface area contributed by atoms with Crippen LogP contribution in [0.3, 0.4) is 0 Å². The predicted octanol–water partition coefficient (Wildman–Crippen LogP) is 13.2. The summed E-state index contributed by atoms with van der Waals surface area (Å²) in [6.45, 7) is 4.02. The van der Waals surface area contributed by atoms with Crippen molar-refractivity contribution in [2.45, 2.75) is 187 Å². The van der Waals surface area contributed by atoms with Crippen molar-refractivity contribution >= 4 is 19.8 Å². The smallest absolute Gasteiger partial charge is 0.306 e. The molecular formula is C50H88NO8P. The lowest BCUT2D eigenvalue weighted by Gasteiger charge is -2.28. The summed E-state index contributed by atoms with van der Waals surface area (Å²) in [5.41, 5.74) is 0. The number of hydrogen-bond donors (Lipinski definition) is 0. The molecule has 0 saturated heterocycles. The van der Waals surface area contributed by atoms with Crippen LogP contribution in [0.4, 0.5) is 0 Å². The Balaban J connectivity index is 4.30. The number of phosphoric ester groups is 1. The fraction of sp³-hybridized carbons (Fsp3) is 0.720. The highest BCUT2D eigenvalue weighted by atomic mass is 31.2. The molecule has 9 nitrogen and oxygen atoms in total. The first-order valence-electron chi connectivity index (χ1n) is 23.7. The molecule has 2 atom stereocenters. The molecule has 0 bridgehead atoms. The third-order valence-corrected chi connectivity index (χ3v) is 10.8. The van der Waals surface area contributed by atoms with E-state index in [-0.39, 0.29) is 26.1 Å². The van der Waals surface area contributed by atoms with Crippen LogP contribution in [0, 0.1) is 0 Å². The molecule has 2 unspecified atom stereocenters. The van der Waals surface area contributed by atoms with E-state index in [0.29, 0.717) is 23.9 Å². The second kappa shape index (κ2) is 41.8. The molecule has 60 heavy (non-hydrogen) atoms. The predicted molar refractivity (Wildman–Crippen MR) is 249 cm³/mol. The fourth-order valence-electron chi connectivity index (χ4n) is 6.11. The first-order valence-corrected chi connectivity index (χ1v) is 25.2. The highest BCUT2D eigenvalue weighted by Crippen LogP contribution is 2.38. The van der Waals surface area contributed by atoms with Crippen molar-refractivity contribution in [1.29, 1.82) is 0 Å². The molecule has 0 spiro atoms. The summed E-state index contributed by atoms with van der Waals surface area (Å²) >= 11 is 0. The maximum atomic E-state index is 12.7. The lowest BCUT2D eigenvalue weighted by atomic mass is 10.1. The Labute approximate surface area is 368 Å². The van der Waals surface area contributed by atoms with E-state index in [9.17, 15) is 19.0 Å². The van der Waals surface area contributed by atoms with Gasteiger partial charge in [0, 0.05) is 12.8 Å². The van der Waals surface area contributed by atoms with Crippen LogP contribution >= 0.6 is 7.82 Å². The monoisotopic (exact) mass is 862 g/mol. The van der Waals surface area contributed by atoms with Crippen molar-refractivity contribution < 1.29 is 42.1 Å². The van der Waals surface area contributed by atoms with E-state index in [2.05, 4.69) is 50.3 Å². The number of rotatable bonds is 42. The van der Waals surface area contributed by atoms with E-state index in [1.807, 2.05) is 57.6 Å². The number of carbonyl (C=O) groups is 2. The molecule has 0 aliphatic heterocycles. The van der Waals surface area contributed by atoms with E-state index in [1.54, 1.807) is 0 Å². The molecule has 0 aromatic carbocycles. The third-order valence-electron chi connectivity index (χ3n) is 9.81. The van der Waals surface area contributed by atoms with Gasteiger partial charge in [-0.1, -0.05) is 177 Å². The van der Waals surface area contributed by atoms with Gasteiger partial charge in [0.15, 0.2) is 6.10 Å². The summed E-state index contributed by atoms with van der Waals surface area (Å²) in [4.78, 5) is 37.6.